The van der Waals surface area contributed by atoms with Crippen LogP contribution >= 0.6 is 11.6 Å². The zero-order valence-electron chi connectivity index (χ0n) is 9.30. The Hall–Kier alpha value is -1.22. The van der Waals surface area contributed by atoms with E-state index in [1.165, 1.54) is 11.8 Å². The molecular weight excluding hydrogens is 214 g/mol. The third-order valence-corrected chi connectivity index (χ3v) is 2.70. The lowest BCUT2D eigenvalue weighted by molar-refractivity contribution is -0.116. The van der Waals surface area contributed by atoms with Crippen molar-refractivity contribution in [2.75, 3.05) is 19.1 Å². The zero-order valence-corrected chi connectivity index (χ0v) is 10.1. The van der Waals surface area contributed by atoms with Gasteiger partial charge in [-0.3, -0.25) is 4.79 Å². The molecule has 0 bridgehead atoms. The van der Waals surface area contributed by atoms with E-state index in [-0.39, 0.29) is 5.91 Å². The maximum atomic E-state index is 11.2. The normalized spacial score (nSPS) is 9.93. The van der Waals surface area contributed by atoms with Gasteiger partial charge in [-0.05, 0) is 24.6 Å². The van der Waals surface area contributed by atoms with Crippen molar-refractivity contribution in [1.29, 1.82) is 0 Å². The lowest BCUT2D eigenvalue weighted by atomic mass is 10.2. The van der Waals surface area contributed by atoms with E-state index in [0.717, 1.165) is 5.56 Å². The van der Waals surface area contributed by atoms with Crippen LogP contribution in [-0.2, 0) is 4.79 Å². The van der Waals surface area contributed by atoms with Crippen LogP contribution < -0.4 is 9.64 Å². The summed E-state index contributed by atoms with van der Waals surface area (Å²) in [6.45, 7) is 3.38. The summed E-state index contributed by atoms with van der Waals surface area (Å²) < 4.78 is 5.20. The molecule has 15 heavy (non-hydrogen) atoms. The van der Waals surface area contributed by atoms with Crippen molar-refractivity contribution in [2.45, 2.75) is 13.8 Å². The number of halogens is 1. The predicted molar refractivity (Wildman–Crippen MR) is 61.8 cm³/mol. The first-order valence-electron chi connectivity index (χ1n) is 4.55. The van der Waals surface area contributed by atoms with Crippen molar-refractivity contribution in [1.82, 2.24) is 0 Å². The van der Waals surface area contributed by atoms with Gasteiger partial charge >= 0.3 is 0 Å². The minimum Gasteiger partial charge on any atom is -0.495 e. The molecule has 0 heterocycles. The Bertz CT molecular complexity index is 390. The van der Waals surface area contributed by atoms with Gasteiger partial charge in [-0.2, -0.15) is 0 Å². The molecule has 0 unspecified atom stereocenters. The number of hydrogen-bond acceptors (Lipinski definition) is 2. The average Bonchev–Trinajstić information content (AvgIpc) is 2.20. The monoisotopic (exact) mass is 227 g/mol. The van der Waals surface area contributed by atoms with Crippen molar-refractivity contribution < 1.29 is 9.53 Å². The third-order valence-electron chi connectivity index (χ3n) is 2.29. The third kappa shape index (κ3) is 2.42. The van der Waals surface area contributed by atoms with E-state index in [1.54, 1.807) is 20.2 Å². The van der Waals surface area contributed by atoms with E-state index in [1.807, 2.05) is 13.0 Å². The van der Waals surface area contributed by atoms with Crippen molar-refractivity contribution in [3.05, 3.63) is 22.7 Å². The number of amides is 1. The van der Waals surface area contributed by atoms with E-state index in [4.69, 9.17) is 16.3 Å². The number of ether oxygens (including phenoxy) is 1. The topological polar surface area (TPSA) is 29.5 Å². The van der Waals surface area contributed by atoms with Gasteiger partial charge in [0, 0.05) is 19.0 Å². The number of methoxy groups -OCH3 is 1. The highest BCUT2D eigenvalue weighted by Gasteiger charge is 2.13. The van der Waals surface area contributed by atoms with Crippen molar-refractivity contribution >= 4 is 23.2 Å². The van der Waals surface area contributed by atoms with Crippen molar-refractivity contribution in [3.8, 4) is 5.75 Å². The van der Waals surface area contributed by atoms with Gasteiger partial charge in [-0.25, -0.2) is 0 Å². The van der Waals surface area contributed by atoms with Crippen LogP contribution in [0.2, 0.25) is 5.02 Å². The highest BCUT2D eigenvalue weighted by Crippen LogP contribution is 2.33. The zero-order chi connectivity index (χ0) is 11.6. The maximum Gasteiger partial charge on any atom is 0.223 e. The molecule has 1 aromatic rings. The number of carbonyl (C=O) groups is 1. The van der Waals surface area contributed by atoms with Crippen LogP contribution in [0.15, 0.2) is 12.1 Å². The first kappa shape index (κ1) is 11.9. The molecule has 1 rings (SSSR count). The van der Waals surface area contributed by atoms with Gasteiger partial charge in [0.1, 0.15) is 5.75 Å². The Balaban J connectivity index is 3.27. The standard InChI is InChI=1S/C11H14ClNO2/c1-7-5-11(15-4)10(6-9(7)12)13(3)8(2)14/h5-6H,1-4H3. The average molecular weight is 228 g/mol. The molecule has 0 atom stereocenters. The summed E-state index contributed by atoms with van der Waals surface area (Å²) in [5, 5.41) is 0.624. The summed E-state index contributed by atoms with van der Waals surface area (Å²) in [5.74, 6) is 0.586. The largest absolute Gasteiger partial charge is 0.495 e. The maximum absolute atomic E-state index is 11.2. The quantitative estimate of drug-likeness (QED) is 0.778. The van der Waals surface area contributed by atoms with E-state index in [2.05, 4.69) is 0 Å². The Morgan fingerprint density at radius 1 is 1.47 bits per heavy atom. The van der Waals surface area contributed by atoms with Crippen molar-refractivity contribution in [3.63, 3.8) is 0 Å². The minimum atomic E-state index is -0.0618. The van der Waals surface area contributed by atoms with Gasteiger partial charge in [0.15, 0.2) is 0 Å². The highest BCUT2D eigenvalue weighted by molar-refractivity contribution is 6.31. The second kappa shape index (κ2) is 4.53. The molecule has 3 nitrogen and oxygen atoms in total. The fraction of sp³-hybridized carbons (Fsp3) is 0.364. The Labute approximate surface area is 94.6 Å². The lowest BCUT2D eigenvalue weighted by Gasteiger charge is -2.19. The Morgan fingerprint density at radius 3 is 2.53 bits per heavy atom. The second-order valence-electron chi connectivity index (χ2n) is 3.35. The number of hydrogen-bond donors (Lipinski definition) is 0. The molecule has 82 valence electrons. The smallest absolute Gasteiger partial charge is 0.223 e. The van der Waals surface area contributed by atoms with Crippen LogP contribution in [0.3, 0.4) is 0 Å². The fourth-order valence-electron chi connectivity index (χ4n) is 1.24. The van der Waals surface area contributed by atoms with Crippen molar-refractivity contribution in [2.24, 2.45) is 0 Å². The number of rotatable bonds is 2. The second-order valence-corrected chi connectivity index (χ2v) is 3.76. The molecule has 0 aliphatic rings. The number of benzene rings is 1. The molecule has 0 radical (unpaired) electrons. The molecule has 4 heteroatoms. The summed E-state index contributed by atoms with van der Waals surface area (Å²) in [7, 11) is 3.26. The lowest BCUT2D eigenvalue weighted by Crippen LogP contribution is -2.23. The van der Waals surface area contributed by atoms with E-state index in [9.17, 15) is 4.79 Å². The summed E-state index contributed by atoms with van der Waals surface area (Å²) in [6, 6.07) is 3.55. The van der Waals surface area contributed by atoms with Crippen LogP contribution in [0.4, 0.5) is 5.69 Å². The predicted octanol–water partition coefficient (Wildman–Crippen LogP) is 2.64. The van der Waals surface area contributed by atoms with Crippen LogP contribution in [0, 0.1) is 6.92 Å². The van der Waals surface area contributed by atoms with Gasteiger partial charge in [-0.1, -0.05) is 11.6 Å². The Morgan fingerprint density at radius 2 is 2.07 bits per heavy atom. The molecule has 1 amide bonds. The van der Waals surface area contributed by atoms with Gasteiger partial charge in [0.05, 0.1) is 12.8 Å². The van der Waals surface area contributed by atoms with Gasteiger partial charge < -0.3 is 9.64 Å². The first-order valence-corrected chi connectivity index (χ1v) is 4.93. The highest BCUT2D eigenvalue weighted by atomic mass is 35.5. The van der Waals surface area contributed by atoms with Gasteiger partial charge in [0.2, 0.25) is 5.91 Å². The van der Waals surface area contributed by atoms with Crippen LogP contribution in [0.5, 0.6) is 5.75 Å². The first-order chi connectivity index (χ1) is 6.97. The number of nitrogens with zero attached hydrogens (tertiary/aromatic N) is 1. The molecule has 0 N–H and O–H groups in total. The van der Waals surface area contributed by atoms with E-state index < -0.39 is 0 Å². The molecule has 0 spiro atoms. The van der Waals surface area contributed by atoms with Gasteiger partial charge in [0.25, 0.3) is 0 Å². The van der Waals surface area contributed by atoms with Crippen LogP contribution in [-0.4, -0.2) is 20.1 Å². The molecule has 0 aliphatic carbocycles. The summed E-state index contributed by atoms with van der Waals surface area (Å²) in [4.78, 5) is 12.7. The minimum absolute atomic E-state index is 0.0618. The fourth-order valence-corrected chi connectivity index (χ4v) is 1.40. The summed E-state index contributed by atoms with van der Waals surface area (Å²) >= 11 is 6.00. The van der Waals surface area contributed by atoms with Gasteiger partial charge in [-0.15, -0.1) is 0 Å². The van der Waals surface area contributed by atoms with Crippen LogP contribution in [0.25, 0.3) is 0 Å². The number of aryl methyl sites for hydroxylation is 1. The molecule has 0 saturated carbocycles. The summed E-state index contributed by atoms with van der Waals surface area (Å²) in [6.07, 6.45) is 0. The van der Waals surface area contributed by atoms with Crippen LogP contribution in [0.1, 0.15) is 12.5 Å². The Kier molecular flexibility index (Phi) is 3.58. The van der Waals surface area contributed by atoms with E-state index >= 15 is 0 Å². The molecule has 0 aliphatic heterocycles. The molecule has 0 aromatic heterocycles. The summed E-state index contributed by atoms with van der Waals surface area (Å²) in [5.41, 5.74) is 1.61. The number of carbonyl (C=O) groups excluding carboxylic acids is 1. The SMILES string of the molecule is COc1cc(C)c(Cl)cc1N(C)C(C)=O. The number of anilines is 1. The molecular formula is C11H14ClNO2. The van der Waals surface area contributed by atoms with E-state index in [0.29, 0.717) is 16.5 Å². The molecule has 1 aromatic carbocycles. The molecule has 0 saturated heterocycles. The molecule has 0 fully saturated rings.